The second kappa shape index (κ2) is 8.17. The molecule has 0 bridgehead atoms. The van der Waals surface area contributed by atoms with Gasteiger partial charge in [0.2, 0.25) is 0 Å². The van der Waals surface area contributed by atoms with Crippen LogP contribution in [0.3, 0.4) is 0 Å². The number of aromatic nitrogens is 2. The van der Waals surface area contributed by atoms with Gasteiger partial charge in [-0.25, -0.2) is 13.1 Å². The van der Waals surface area contributed by atoms with Crippen molar-refractivity contribution in [3.05, 3.63) is 11.8 Å². The van der Waals surface area contributed by atoms with Crippen LogP contribution in [0.5, 0.6) is 0 Å². The molecule has 0 saturated heterocycles. The molecule has 1 aromatic rings. The average Bonchev–Trinajstić information content (AvgIpc) is 3.16. The number of H-pyrrole nitrogens is 1. The Labute approximate surface area is 130 Å². The van der Waals surface area contributed by atoms with Gasteiger partial charge in [0, 0.05) is 24.7 Å². The van der Waals surface area contributed by atoms with E-state index >= 15 is 0 Å². The Morgan fingerprint density at radius 2 is 2.19 bits per heavy atom. The molecule has 1 saturated carbocycles. The van der Waals surface area contributed by atoms with E-state index in [0.717, 1.165) is 25.0 Å². The lowest BCUT2D eigenvalue weighted by Crippen LogP contribution is -2.27. The molecular weight excluding hydrogens is 308 g/mol. The molecule has 1 aromatic heterocycles. The molecule has 120 valence electrons. The first-order chi connectivity index (χ1) is 10.1. The van der Waals surface area contributed by atoms with Crippen LogP contribution in [-0.2, 0) is 16.6 Å². The number of sulfonamides is 1. The molecule has 0 amide bonds. The summed E-state index contributed by atoms with van der Waals surface area (Å²) in [6.07, 6.45) is 9.05. The van der Waals surface area contributed by atoms with Crippen molar-refractivity contribution in [2.24, 2.45) is 0 Å². The molecule has 21 heavy (non-hydrogen) atoms. The van der Waals surface area contributed by atoms with E-state index in [0.29, 0.717) is 24.7 Å². The number of hydrogen-bond donors (Lipinski definition) is 3. The summed E-state index contributed by atoms with van der Waals surface area (Å²) in [5.74, 6) is 1.13. The molecule has 3 N–H and O–H groups in total. The molecule has 1 aliphatic carbocycles. The monoisotopic (exact) mass is 332 g/mol. The first-order valence-electron chi connectivity index (χ1n) is 7.37. The highest BCUT2D eigenvalue weighted by Crippen LogP contribution is 2.20. The molecule has 6 nitrogen and oxygen atoms in total. The van der Waals surface area contributed by atoms with Gasteiger partial charge in [-0.3, -0.25) is 5.10 Å². The van der Waals surface area contributed by atoms with Gasteiger partial charge in [0.05, 0.1) is 6.20 Å². The molecule has 2 rings (SSSR count). The van der Waals surface area contributed by atoms with Crippen molar-refractivity contribution in [3.63, 3.8) is 0 Å². The van der Waals surface area contributed by atoms with E-state index < -0.39 is 10.0 Å². The fraction of sp³-hybridized carbons (Fsp3) is 0.769. The molecule has 0 spiro atoms. The Kier molecular flexibility index (Phi) is 6.53. The van der Waals surface area contributed by atoms with Crippen LogP contribution in [0.4, 0.5) is 0 Å². The average molecular weight is 332 g/mol. The first-order valence-corrected chi connectivity index (χ1v) is 10.3. The zero-order chi connectivity index (χ0) is 15.1. The van der Waals surface area contributed by atoms with E-state index in [9.17, 15) is 8.42 Å². The van der Waals surface area contributed by atoms with Crippen LogP contribution >= 0.6 is 11.8 Å². The molecule has 1 fully saturated rings. The van der Waals surface area contributed by atoms with Crippen molar-refractivity contribution in [1.29, 1.82) is 0 Å². The maximum absolute atomic E-state index is 12.2. The summed E-state index contributed by atoms with van der Waals surface area (Å²) in [7, 11) is -3.48. The van der Waals surface area contributed by atoms with Crippen molar-refractivity contribution in [2.45, 2.75) is 49.7 Å². The van der Waals surface area contributed by atoms with Gasteiger partial charge < -0.3 is 5.32 Å². The third kappa shape index (κ3) is 5.61. The van der Waals surface area contributed by atoms with Crippen LogP contribution in [0.25, 0.3) is 0 Å². The maximum Gasteiger partial charge on any atom is 0.257 e. The number of thioether (sulfide) groups is 1. The summed E-state index contributed by atoms with van der Waals surface area (Å²) in [6, 6.07) is 0.542. The zero-order valence-electron chi connectivity index (χ0n) is 12.4. The summed E-state index contributed by atoms with van der Waals surface area (Å²) < 4.78 is 27.1. The summed E-state index contributed by atoms with van der Waals surface area (Å²) in [5, 5.41) is 9.98. The van der Waals surface area contributed by atoms with Gasteiger partial charge in [-0.1, -0.05) is 6.42 Å². The smallest absolute Gasteiger partial charge is 0.257 e. The number of hydrogen-bond acceptors (Lipinski definition) is 5. The molecular formula is C13H24N4O2S2. The highest BCUT2D eigenvalue weighted by Gasteiger charge is 2.24. The Balaban J connectivity index is 1.79. The van der Waals surface area contributed by atoms with Crippen LogP contribution in [0, 0.1) is 0 Å². The molecule has 1 aliphatic rings. The fourth-order valence-electron chi connectivity index (χ4n) is 2.03. The van der Waals surface area contributed by atoms with Crippen molar-refractivity contribution in [1.82, 2.24) is 20.2 Å². The largest absolute Gasteiger partial charge is 0.310 e. The molecule has 0 aromatic carbocycles. The van der Waals surface area contributed by atoms with Crippen LogP contribution in [0.15, 0.2) is 11.2 Å². The van der Waals surface area contributed by atoms with Gasteiger partial charge in [0.15, 0.2) is 5.03 Å². The summed E-state index contributed by atoms with van der Waals surface area (Å²) in [5.41, 5.74) is 0.705. The van der Waals surface area contributed by atoms with E-state index in [1.807, 2.05) is 11.8 Å². The third-order valence-electron chi connectivity index (χ3n) is 3.42. The second-order valence-electron chi connectivity index (χ2n) is 5.33. The zero-order valence-corrected chi connectivity index (χ0v) is 14.0. The number of rotatable bonds is 11. The Hall–Kier alpha value is -0.570. The van der Waals surface area contributed by atoms with Crippen LogP contribution in [0.1, 0.15) is 37.7 Å². The van der Waals surface area contributed by atoms with Crippen LogP contribution < -0.4 is 10.0 Å². The lowest BCUT2D eigenvalue weighted by atomic mass is 10.2. The number of nitrogens with one attached hydrogen (secondary N) is 3. The van der Waals surface area contributed by atoms with Crippen LogP contribution in [-0.4, -0.2) is 43.2 Å². The molecule has 0 unspecified atom stereocenters. The Morgan fingerprint density at radius 1 is 1.38 bits per heavy atom. The predicted octanol–water partition coefficient (Wildman–Crippen LogP) is 1.47. The van der Waals surface area contributed by atoms with Crippen molar-refractivity contribution < 1.29 is 8.42 Å². The predicted molar refractivity (Wildman–Crippen MR) is 85.9 cm³/mol. The highest BCUT2D eigenvalue weighted by molar-refractivity contribution is 7.98. The SMILES string of the molecule is CSCCCCCNS(=O)(=O)c1[nH]ncc1CNC1CC1. The first kappa shape index (κ1) is 16.8. The number of unbranched alkanes of at least 4 members (excludes halogenated alkanes) is 2. The van der Waals surface area contributed by atoms with E-state index in [-0.39, 0.29) is 5.03 Å². The Morgan fingerprint density at radius 3 is 2.90 bits per heavy atom. The van der Waals surface area contributed by atoms with E-state index in [1.165, 1.54) is 12.8 Å². The molecule has 1 heterocycles. The van der Waals surface area contributed by atoms with Crippen molar-refractivity contribution in [3.8, 4) is 0 Å². The normalized spacial score (nSPS) is 15.5. The summed E-state index contributed by atoms with van der Waals surface area (Å²) in [4.78, 5) is 0. The lowest BCUT2D eigenvalue weighted by Gasteiger charge is -2.07. The van der Waals surface area contributed by atoms with E-state index in [1.54, 1.807) is 6.20 Å². The van der Waals surface area contributed by atoms with Gasteiger partial charge in [-0.2, -0.15) is 16.9 Å². The summed E-state index contributed by atoms with van der Waals surface area (Å²) in [6.45, 7) is 1.02. The van der Waals surface area contributed by atoms with Gasteiger partial charge in [-0.15, -0.1) is 0 Å². The number of nitrogens with zero attached hydrogens (tertiary/aromatic N) is 1. The van der Waals surface area contributed by atoms with Crippen molar-refractivity contribution >= 4 is 21.8 Å². The maximum atomic E-state index is 12.2. The minimum Gasteiger partial charge on any atom is -0.310 e. The quantitative estimate of drug-likeness (QED) is 0.534. The van der Waals surface area contributed by atoms with Gasteiger partial charge in [0.1, 0.15) is 0 Å². The van der Waals surface area contributed by atoms with Gasteiger partial charge >= 0.3 is 0 Å². The molecule has 0 atom stereocenters. The van der Waals surface area contributed by atoms with Gasteiger partial charge in [-0.05, 0) is 37.7 Å². The molecule has 0 radical (unpaired) electrons. The Bertz CT molecular complexity index is 526. The minimum absolute atomic E-state index is 0.194. The second-order valence-corrected chi connectivity index (χ2v) is 8.02. The molecule has 0 aliphatic heterocycles. The summed E-state index contributed by atoms with van der Waals surface area (Å²) >= 11 is 1.82. The highest BCUT2D eigenvalue weighted by atomic mass is 32.2. The topological polar surface area (TPSA) is 86.9 Å². The van der Waals surface area contributed by atoms with E-state index in [2.05, 4.69) is 26.5 Å². The van der Waals surface area contributed by atoms with E-state index in [4.69, 9.17) is 0 Å². The van der Waals surface area contributed by atoms with Crippen LogP contribution in [0.2, 0.25) is 0 Å². The van der Waals surface area contributed by atoms with Gasteiger partial charge in [0.25, 0.3) is 10.0 Å². The lowest BCUT2D eigenvalue weighted by molar-refractivity contribution is 0.569. The third-order valence-corrected chi connectivity index (χ3v) is 5.59. The number of aromatic amines is 1. The standard InChI is InChI=1S/C13H24N4O2S2/c1-20-8-4-2-3-7-16-21(18,19)13-11(10-15-17-13)9-14-12-5-6-12/h10,12,14,16H,2-9H2,1H3,(H,15,17). The van der Waals surface area contributed by atoms with Crippen molar-refractivity contribution in [2.75, 3.05) is 18.6 Å². The molecule has 8 heteroatoms. The fourth-order valence-corrected chi connectivity index (χ4v) is 3.72. The minimum atomic E-state index is -3.48.